The highest BCUT2D eigenvalue weighted by atomic mass is 16.3. The largest absolute Gasteiger partial charge is 0.398 e. The fraction of sp³-hybridized carbons (Fsp3) is 0.375. The monoisotopic (exact) mass is 340 g/mol. The highest BCUT2D eigenvalue weighted by molar-refractivity contribution is 5.83. The van der Waals surface area contributed by atoms with Crippen molar-refractivity contribution in [2.24, 2.45) is 0 Å². The number of aromatic amines is 1. The minimum absolute atomic E-state index is 0.0435. The van der Waals surface area contributed by atoms with Gasteiger partial charge < -0.3 is 21.1 Å². The summed E-state index contributed by atoms with van der Waals surface area (Å²) in [6.07, 6.45) is 1.94. The molecule has 5 N–H and O–H groups in total. The van der Waals surface area contributed by atoms with Gasteiger partial charge in [0.1, 0.15) is 0 Å². The average molecular weight is 340 g/mol. The second kappa shape index (κ2) is 6.52. The number of nitrogens with two attached hydrogens (primary N) is 1. The number of aromatic nitrogens is 5. The van der Waals surface area contributed by atoms with Gasteiger partial charge in [0.2, 0.25) is 11.6 Å². The second-order valence-corrected chi connectivity index (χ2v) is 6.09. The maximum absolute atomic E-state index is 9.56. The van der Waals surface area contributed by atoms with Gasteiger partial charge in [-0.15, -0.1) is 5.10 Å². The molecule has 9 nitrogen and oxygen atoms in total. The Labute approximate surface area is 144 Å². The summed E-state index contributed by atoms with van der Waals surface area (Å²) in [6, 6.07) is 7.72. The van der Waals surface area contributed by atoms with Gasteiger partial charge in [0.15, 0.2) is 11.3 Å². The molecule has 3 heterocycles. The molecule has 9 heteroatoms. The first-order valence-electron chi connectivity index (χ1n) is 8.29. The van der Waals surface area contributed by atoms with E-state index in [1.54, 1.807) is 0 Å². The van der Waals surface area contributed by atoms with Crippen LogP contribution in [0.25, 0.3) is 11.2 Å². The van der Waals surface area contributed by atoms with Crippen molar-refractivity contribution in [2.45, 2.75) is 25.4 Å². The van der Waals surface area contributed by atoms with E-state index >= 15 is 0 Å². The Morgan fingerprint density at radius 3 is 3.00 bits per heavy atom. The Kier molecular flexibility index (Phi) is 4.06. The van der Waals surface area contributed by atoms with Crippen LogP contribution in [0.2, 0.25) is 0 Å². The highest BCUT2D eigenvalue weighted by Crippen LogP contribution is 2.26. The van der Waals surface area contributed by atoms with Gasteiger partial charge in [0.05, 0.1) is 12.6 Å². The number of hydrogen-bond donors (Lipinski definition) is 4. The quantitative estimate of drug-likeness (QED) is 0.504. The number of H-pyrrole nitrogens is 1. The molecule has 0 saturated carbocycles. The van der Waals surface area contributed by atoms with Crippen LogP contribution in [0.4, 0.5) is 17.5 Å². The van der Waals surface area contributed by atoms with Gasteiger partial charge in [-0.25, -0.2) is 0 Å². The molecule has 1 saturated heterocycles. The first kappa shape index (κ1) is 15.6. The van der Waals surface area contributed by atoms with E-state index in [-0.39, 0.29) is 12.6 Å². The van der Waals surface area contributed by atoms with E-state index in [1.165, 1.54) is 0 Å². The van der Waals surface area contributed by atoms with Crippen LogP contribution in [0.3, 0.4) is 0 Å². The normalized spacial score (nSPS) is 17.3. The molecule has 0 radical (unpaired) electrons. The standard InChI is InChI=1S/C16H20N8O/c17-12-6-2-1-4-10(12)8-18-14-13-15(22-23-21-13)20-16(19-14)24-7-3-5-11(24)9-25/h1-2,4,6,11,25H,3,5,7-9,17H2,(H2,18,19,20,21,22,23)/t11-/m1/s1. The molecule has 2 aromatic heterocycles. The summed E-state index contributed by atoms with van der Waals surface area (Å²) in [5.74, 6) is 1.15. The number of nitrogens with one attached hydrogen (secondary N) is 2. The lowest BCUT2D eigenvalue weighted by atomic mass is 10.2. The fourth-order valence-electron chi connectivity index (χ4n) is 3.15. The minimum Gasteiger partial charge on any atom is -0.398 e. The van der Waals surface area contributed by atoms with Gasteiger partial charge in [-0.2, -0.15) is 20.3 Å². The fourth-order valence-corrected chi connectivity index (χ4v) is 3.15. The molecule has 0 bridgehead atoms. The lowest BCUT2D eigenvalue weighted by Crippen LogP contribution is -2.33. The Morgan fingerprint density at radius 1 is 1.28 bits per heavy atom. The minimum atomic E-state index is 0.0435. The molecule has 0 aliphatic carbocycles. The van der Waals surface area contributed by atoms with Crippen LogP contribution in [0.5, 0.6) is 0 Å². The van der Waals surface area contributed by atoms with Crippen molar-refractivity contribution in [1.82, 2.24) is 25.4 Å². The first-order chi connectivity index (χ1) is 12.3. The van der Waals surface area contributed by atoms with Gasteiger partial charge in [-0.3, -0.25) is 0 Å². The van der Waals surface area contributed by atoms with Crippen molar-refractivity contribution in [3.8, 4) is 0 Å². The number of aliphatic hydroxyl groups excluding tert-OH is 1. The van der Waals surface area contributed by atoms with Crippen LogP contribution in [0.1, 0.15) is 18.4 Å². The van der Waals surface area contributed by atoms with E-state index in [2.05, 4.69) is 30.7 Å². The maximum Gasteiger partial charge on any atom is 0.229 e. The Morgan fingerprint density at radius 2 is 2.16 bits per heavy atom. The number of nitrogen functional groups attached to an aromatic ring is 1. The van der Waals surface area contributed by atoms with Gasteiger partial charge >= 0.3 is 0 Å². The van der Waals surface area contributed by atoms with Crippen molar-refractivity contribution in [2.75, 3.05) is 29.1 Å². The molecule has 3 aromatic rings. The average Bonchev–Trinajstić information content (AvgIpc) is 3.29. The van der Waals surface area contributed by atoms with E-state index in [1.807, 2.05) is 29.2 Å². The lowest BCUT2D eigenvalue weighted by molar-refractivity contribution is 0.265. The van der Waals surface area contributed by atoms with Crippen LogP contribution in [0.15, 0.2) is 24.3 Å². The van der Waals surface area contributed by atoms with Crippen molar-refractivity contribution in [1.29, 1.82) is 0 Å². The van der Waals surface area contributed by atoms with Crippen molar-refractivity contribution in [3.05, 3.63) is 29.8 Å². The molecule has 0 unspecified atom stereocenters. The molecule has 25 heavy (non-hydrogen) atoms. The molecule has 1 aromatic carbocycles. The summed E-state index contributed by atoms with van der Waals surface area (Å²) in [5, 5.41) is 23.7. The van der Waals surface area contributed by atoms with Crippen LogP contribution in [0, 0.1) is 0 Å². The maximum atomic E-state index is 9.56. The molecule has 1 atom stereocenters. The molecule has 0 amide bonds. The zero-order valence-corrected chi connectivity index (χ0v) is 13.7. The van der Waals surface area contributed by atoms with Gasteiger partial charge in [-0.05, 0) is 24.5 Å². The Bertz CT molecular complexity index is 879. The van der Waals surface area contributed by atoms with E-state index in [9.17, 15) is 5.11 Å². The summed E-state index contributed by atoms with van der Waals surface area (Å²) < 4.78 is 0. The Hall–Kier alpha value is -2.94. The predicted octanol–water partition coefficient (Wildman–Crippen LogP) is 0.903. The topological polar surface area (TPSA) is 129 Å². The number of aliphatic hydroxyl groups is 1. The van der Waals surface area contributed by atoms with Crippen LogP contribution in [-0.4, -0.2) is 49.7 Å². The number of para-hydroxylation sites is 1. The van der Waals surface area contributed by atoms with Crippen LogP contribution >= 0.6 is 0 Å². The number of benzene rings is 1. The SMILES string of the molecule is Nc1ccccc1CNc1nc(N2CCC[C@@H]2CO)nc2n[nH]nc12. The van der Waals surface area contributed by atoms with Crippen molar-refractivity contribution in [3.63, 3.8) is 0 Å². The van der Waals surface area contributed by atoms with Gasteiger partial charge in [-0.1, -0.05) is 18.2 Å². The smallest absolute Gasteiger partial charge is 0.229 e. The van der Waals surface area contributed by atoms with E-state index < -0.39 is 0 Å². The summed E-state index contributed by atoms with van der Waals surface area (Å²) >= 11 is 0. The van der Waals surface area contributed by atoms with Gasteiger partial charge in [0, 0.05) is 18.8 Å². The lowest BCUT2D eigenvalue weighted by Gasteiger charge is -2.23. The third-order valence-corrected chi connectivity index (χ3v) is 4.52. The molecule has 0 spiro atoms. The second-order valence-electron chi connectivity index (χ2n) is 6.09. The van der Waals surface area contributed by atoms with Gasteiger partial charge in [0.25, 0.3) is 0 Å². The molecule has 4 rings (SSSR count). The Balaban J connectivity index is 1.65. The number of nitrogens with zero attached hydrogens (tertiary/aromatic N) is 5. The number of fused-ring (bicyclic) bond motifs is 1. The molecular weight excluding hydrogens is 320 g/mol. The third-order valence-electron chi connectivity index (χ3n) is 4.52. The molecule has 1 fully saturated rings. The molecular formula is C16H20N8O. The number of rotatable bonds is 5. The zero-order valence-electron chi connectivity index (χ0n) is 13.7. The molecule has 1 aliphatic heterocycles. The summed E-state index contributed by atoms with van der Waals surface area (Å²) in [7, 11) is 0. The van der Waals surface area contributed by atoms with Crippen LogP contribution < -0.4 is 16.0 Å². The van der Waals surface area contributed by atoms with Crippen molar-refractivity contribution < 1.29 is 5.11 Å². The summed E-state index contributed by atoms with van der Waals surface area (Å²) in [5.41, 5.74) is 8.78. The van der Waals surface area contributed by atoms with E-state index in [0.29, 0.717) is 29.5 Å². The van der Waals surface area contributed by atoms with Crippen molar-refractivity contribution >= 4 is 28.6 Å². The molecule has 1 aliphatic rings. The third kappa shape index (κ3) is 2.93. The zero-order chi connectivity index (χ0) is 17.2. The number of hydrogen-bond acceptors (Lipinski definition) is 8. The van der Waals surface area contributed by atoms with Crippen LogP contribution in [-0.2, 0) is 6.54 Å². The molecule has 130 valence electrons. The summed E-state index contributed by atoms with van der Waals surface area (Å²) in [6.45, 7) is 1.43. The predicted molar refractivity (Wildman–Crippen MR) is 95.1 cm³/mol. The first-order valence-corrected chi connectivity index (χ1v) is 8.29. The highest BCUT2D eigenvalue weighted by Gasteiger charge is 2.27. The number of anilines is 3. The summed E-state index contributed by atoms with van der Waals surface area (Å²) in [4.78, 5) is 11.1. The van der Waals surface area contributed by atoms with E-state index in [0.717, 1.165) is 30.6 Å². The van der Waals surface area contributed by atoms with E-state index in [4.69, 9.17) is 5.73 Å².